The van der Waals surface area contributed by atoms with Gasteiger partial charge in [-0.2, -0.15) is 0 Å². The number of carboxylic acid groups (broad SMARTS) is 1. The van der Waals surface area contributed by atoms with Gasteiger partial charge in [0, 0.05) is 44.1 Å². The molecular weight excluding hydrogens is 875 g/mol. The Morgan fingerprint density at radius 2 is 1.27 bits per heavy atom. The van der Waals surface area contributed by atoms with Crippen LogP contribution in [-0.4, -0.2) is 167 Å². The van der Waals surface area contributed by atoms with E-state index < -0.39 is 134 Å². The van der Waals surface area contributed by atoms with Gasteiger partial charge in [-0.1, -0.05) is 98.9 Å². The zero-order valence-electron chi connectivity index (χ0n) is 39.2. The lowest BCUT2D eigenvalue weighted by molar-refractivity contribution is -0.323. The van der Waals surface area contributed by atoms with Crippen molar-refractivity contribution in [3.63, 3.8) is 0 Å². The second-order valence-electron chi connectivity index (χ2n) is 18.0. The monoisotopic (exact) mass is 952 g/mol. The van der Waals surface area contributed by atoms with Gasteiger partial charge in [-0.3, -0.25) is 9.59 Å². The number of hydrogen-bond donors (Lipinski definition) is 11. The molecule has 3 aliphatic rings. The number of carbonyl (C=O) groups is 2. The van der Waals surface area contributed by atoms with Crippen molar-refractivity contribution in [1.82, 2.24) is 0 Å². The highest BCUT2D eigenvalue weighted by Gasteiger charge is 2.52. The van der Waals surface area contributed by atoms with E-state index >= 15 is 0 Å². The summed E-state index contributed by atoms with van der Waals surface area (Å²) in [6.45, 7) is 8.44. The number of aliphatic carboxylic acids is 1. The molecule has 18 heteroatoms. The van der Waals surface area contributed by atoms with Crippen LogP contribution in [0.3, 0.4) is 0 Å². The maximum absolute atomic E-state index is 12.7. The Labute approximate surface area is 394 Å². The smallest absolute Gasteiger partial charge is 0.311 e. The largest absolute Gasteiger partial charge is 0.481 e. The first-order chi connectivity index (χ1) is 31.7. The van der Waals surface area contributed by atoms with Gasteiger partial charge in [0.15, 0.2) is 12.1 Å². The number of nitrogens with two attached hydrogens (primary N) is 1. The minimum Gasteiger partial charge on any atom is -0.481 e. The molecule has 380 valence electrons. The molecule has 19 atom stereocenters. The Hall–Kier alpha value is -3.44. The third-order valence-electron chi connectivity index (χ3n) is 12.4. The molecule has 5 unspecified atom stereocenters. The van der Waals surface area contributed by atoms with Crippen LogP contribution >= 0.6 is 0 Å². The van der Waals surface area contributed by atoms with Crippen molar-refractivity contribution < 1.29 is 84.3 Å². The summed E-state index contributed by atoms with van der Waals surface area (Å²) < 4.78 is 29.8. The van der Waals surface area contributed by atoms with Gasteiger partial charge in [0.05, 0.1) is 79.6 Å². The van der Waals surface area contributed by atoms with Gasteiger partial charge in [-0.25, -0.2) is 0 Å². The van der Waals surface area contributed by atoms with E-state index in [9.17, 15) is 60.7 Å². The van der Waals surface area contributed by atoms with Crippen LogP contribution in [0.2, 0.25) is 0 Å². The molecule has 2 bridgehead atoms. The summed E-state index contributed by atoms with van der Waals surface area (Å²) in [6, 6.07) is -1.13. The van der Waals surface area contributed by atoms with Crippen LogP contribution in [0.4, 0.5) is 0 Å². The number of rotatable bonds is 5. The molecule has 0 spiro atoms. The molecule has 0 aromatic carbocycles. The van der Waals surface area contributed by atoms with Crippen LogP contribution in [0.1, 0.15) is 86.0 Å². The number of esters is 1. The zero-order chi connectivity index (χ0) is 49.8. The highest BCUT2D eigenvalue weighted by atomic mass is 16.7. The Bertz CT molecular complexity index is 1700. The van der Waals surface area contributed by atoms with Crippen LogP contribution in [-0.2, 0) is 33.3 Å². The zero-order valence-corrected chi connectivity index (χ0v) is 39.2. The molecule has 3 rings (SSSR count). The molecule has 0 aromatic heterocycles. The summed E-state index contributed by atoms with van der Waals surface area (Å²) in [5.74, 6) is -6.10. The molecular formula is C49H77NO17. The highest BCUT2D eigenvalue weighted by Crippen LogP contribution is 2.40. The molecule has 2 fully saturated rings. The van der Waals surface area contributed by atoms with Crippen molar-refractivity contribution >= 4 is 11.9 Å². The maximum atomic E-state index is 12.7. The average Bonchev–Trinajstić information content (AvgIpc) is 3.25. The number of aliphatic hydroxyl groups is 9. The number of cyclic esters (lactones) is 1. The van der Waals surface area contributed by atoms with Crippen LogP contribution in [0.25, 0.3) is 0 Å². The number of ether oxygens (including phenoxy) is 5. The van der Waals surface area contributed by atoms with E-state index in [0.717, 1.165) is 0 Å². The van der Waals surface area contributed by atoms with Crippen molar-refractivity contribution in [2.75, 3.05) is 6.61 Å². The molecule has 0 radical (unpaired) electrons. The summed E-state index contributed by atoms with van der Waals surface area (Å²) in [7, 11) is 0. The van der Waals surface area contributed by atoms with Crippen LogP contribution < -0.4 is 5.73 Å². The van der Waals surface area contributed by atoms with E-state index in [1.54, 1.807) is 82.4 Å². The topological polar surface area (TPSA) is 309 Å². The second kappa shape index (κ2) is 28.9. The number of aliphatic hydroxyl groups excluding tert-OH is 9. The van der Waals surface area contributed by atoms with Gasteiger partial charge < -0.3 is 80.5 Å². The van der Waals surface area contributed by atoms with E-state index in [4.69, 9.17) is 29.4 Å². The van der Waals surface area contributed by atoms with E-state index in [-0.39, 0.29) is 51.0 Å². The first-order valence-electron chi connectivity index (χ1n) is 23.3. The first-order valence-corrected chi connectivity index (χ1v) is 23.3. The molecule has 0 saturated carbocycles. The predicted molar refractivity (Wildman–Crippen MR) is 246 cm³/mol. The lowest BCUT2D eigenvalue weighted by Gasteiger charge is -2.47. The van der Waals surface area contributed by atoms with E-state index in [1.807, 2.05) is 37.3 Å². The van der Waals surface area contributed by atoms with Crippen LogP contribution in [0.5, 0.6) is 0 Å². The van der Waals surface area contributed by atoms with E-state index in [2.05, 4.69) is 0 Å². The molecule has 3 aliphatic heterocycles. The van der Waals surface area contributed by atoms with Crippen molar-refractivity contribution in [2.24, 2.45) is 23.5 Å². The SMILES string of the molecule is CCO[C@]12C[C@@H](O)C[C@@H](O)[C@H](O)CC[C@@H](O)C[C@@H](O)CC(=O)O[C@@H](C)[C@H](C)[C@H](O)[C@@H](C)C=CC=CC=CC=CC=CC=CC=C[C@H](OC3OC(C)C(O)C(N)C3O)C[C@H](O1)[C@H](C(=O)O)[C@@H](O)C2. The van der Waals surface area contributed by atoms with Gasteiger partial charge in [-0.05, 0) is 40.0 Å². The number of allylic oxidation sites excluding steroid dienone is 12. The molecule has 18 nitrogen and oxygen atoms in total. The molecule has 3 heterocycles. The minimum atomic E-state index is -1.78. The predicted octanol–water partition coefficient (Wildman–Crippen LogP) is 1.76. The highest BCUT2D eigenvalue weighted by molar-refractivity contribution is 5.71. The van der Waals surface area contributed by atoms with Gasteiger partial charge >= 0.3 is 11.9 Å². The molecule has 67 heavy (non-hydrogen) atoms. The summed E-state index contributed by atoms with van der Waals surface area (Å²) in [5.41, 5.74) is 6.07. The van der Waals surface area contributed by atoms with Crippen molar-refractivity contribution in [2.45, 2.75) is 183 Å². The number of hydrogen-bond acceptors (Lipinski definition) is 17. The lowest BCUT2D eigenvalue weighted by Crippen LogP contribution is -2.61. The van der Waals surface area contributed by atoms with Gasteiger partial charge in [0.25, 0.3) is 0 Å². The molecule has 2 saturated heterocycles. The molecule has 0 aromatic rings. The second-order valence-corrected chi connectivity index (χ2v) is 18.0. The van der Waals surface area contributed by atoms with Crippen molar-refractivity contribution in [1.29, 1.82) is 0 Å². The normalized spacial score (nSPS) is 41.1. The quantitative estimate of drug-likeness (QED) is 0.175. The summed E-state index contributed by atoms with van der Waals surface area (Å²) >= 11 is 0. The first kappa shape index (κ1) is 57.9. The number of carbonyl (C=O) groups excluding carboxylic acids is 1. The standard InChI is InChI=1S/C49H77NO17/c1-6-63-49-27-35(53)24-38(55)37(54)22-21-33(51)23-34(52)25-41(57)64-31(4)30(3)44(58)29(2)19-17-15-13-11-9-7-8-10-12-14-16-18-20-36(26-40(67-49)42(47(61)62)39(56)28-49)66-48-46(60)43(50)45(59)32(5)65-48/h7-20,29-40,42-46,48,51-56,58-60H,6,21-28,50H2,1-5H3,(H,61,62)/t29-,30-,31-,32?,33+,34+,35-,36-,37+,38+,39-,40-,42+,43?,44+,45?,46?,48?,49+/m0/s1. The van der Waals surface area contributed by atoms with Crippen LogP contribution in [0, 0.1) is 17.8 Å². The van der Waals surface area contributed by atoms with Gasteiger partial charge in [0.1, 0.15) is 18.1 Å². The Morgan fingerprint density at radius 3 is 1.85 bits per heavy atom. The molecule has 0 aliphatic carbocycles. The fraction of sp³-hybridized carbons (Fsp3) is 0.673. The van der Waals surface area contributed by atoms with Crippen molar-refractivity contribution in [3.05, 3.63) is 85.1 Å². The summed E-state index contributed by atoms with van der Waals surface area (Å²) in [5, 5.41) is 108. The average molecular weight is 952 g/mol. The van der Waals surface area contributed by atoms with Crippen LogP contribution in [0.15, 0.2) is 85.1 Å². The molecule has 0 amide bonds. The third-order valence-corrected chi connectivity index (χ3v) is 12.4. The summed E-state index contributed by atoms with van der Waals surface area (Å²) in [6.07, 6.45) is 5.23. The number of fused-ring (bicyclic) bond motifs is 2. The number of carboxylic acids is 1. The fourth-order valence-corrected chi connectivity index (χ4v) is 8.36. The van der Waals surface area contributed by atoms with Crippen molar-refractivity contribution in [3.8, 4) is 0 Å². The maximum Gasteiger partial charge on any atom is 0.311 e. The van der Waals surface area contributed by atoms with Gasteiger partial charge in [-0.15, -0.1) is 0 Å². The molecule has 12 N–H and O–H groups in total. The van der Waals surface area contributed by atoms with Gasteiger partial charge in [0.2, 0.25) is 0 Å². The van der Waals surface area contributed by atoms with E-state index in [1.165, 1.54) is 0 Å². The fourth-order valence-electron chi connectivity index (χ4n) is 8.36. The minimum absolute atomic E-state index is 0.00949. The Kier molecular flexibility index (Phi) is 25.0. The Balaban J connectivity index is 1.91. The summed E-state index contributed by atoms with van der Waals surface area (Å²) in [4.78, 5) is 25.3. The third kappa shape index (κ3) is 19.1. The Morgan fingerprint density at radius 1 is 0.687 bits per heavy atom. The van der Waals surface area contributed by atoms with E-state index in [0.29, 0.717) is 0 Å². The lowest BCUT2D eigenvalue weighted by atomic mass is 9.82.